The lowest BCUT2D eigenvalue weighted by Gasteiger charge is -2.19. The fourth-order valence-corrected chi connectivity index (χ4v) is 2.70. The van der Waals surface area contributed by atoms with Crippen molar-refractivity contribution in [1.82, 2.24) is 5.32 Å². The lowest BCUT2D eigenvalue weighted by atomic mass is 10.0. The molecule has 8 heteroatoms. The molecule has 1 amide bonds. The van der Waals surface area contributed by atoms with E-state index in [0.717, 1.165) is 25.3 Å². The van der Waals surface area contributed by atoms with Gasteiger partial charge in [-0.2, -0.15) is 0 Å². The Labute approximate surface area is 120 Å². The average Bonchev–Trinajstić information content (AvgIpc) is 2.87. The van der Waals surface area contributed by atoms with E-state index in [2.05, 4.69) is 5.32 Å². The Morgan fingerprint density at radius 1 is 1.48 bits per heavy atom. The smallest absolute Gasteiger partial charge is 0.295 e. The topological polar surface area (TPSA) is 124 Å². The van der Waals surface area contributed by atoms with Gasteiger partial charge in [-0.05, 0) is 31.4 Å². The minimum absolute atomic E-state index is 0.107. The van der Waals surface area contributed by atoms with Crippen LogP contribution >= 0.6 is 0 Å². The number of anilines is 1. The third kappa shape index (κ3) is 3.10. The van der Waals surface area contributed by atoms with Gasteiger partial charge in [0.25, 0.3) is 11.6 Å². The number of rotatable bonds is 4. The molecule has 1 fully saturated rings. The van der Waals surface area contributed by atoms with Gasteiger partial charge in [0.05, 0.1) is 16.6 Å². The number of nitrogen functional groups attached to an aromatic ring is 1. The zero-order valence-electron chi connectivity index (χ0n) is 11.3. The van der Waals surface area contributed by atoms with E-state index in [1.165, 1.54) is 0 Å². The number of nitro benzene ring substituents is 1. The zero-order chi connectivity index (χ0) is 15.6. The number of halogens is 1. The van der Waals surface area contributed by atoms with E-state index < -0.39 is 22.3 Å². The van der Waals surface area contributed by atoms with Crippen LogP contribution in [0.2, 0.25) is 0 Å². The van der Waals surface area contributed by atoms with Gasteiger partial charge in [0, 0.05) is 6.04 Å². The predicted molar refractivity (Wildman–Crippen MR) is 75.1 cm³/mol. The SMILES string of the molecule is NCC1CCCC1NC(=O)c1cc(F)cc([N+](=O)[O-])c1N. The van der Waals surface area contributed by atoms with Crippen molar-refractivity contribution in [1.29, 1.82) is 0 Å². The van der Waals surface area contributed by atoms with Gasteiger partial charge in [-0.3, -0.25) is 14.9 Å². The van der Waals surface area contributed by atoms with Crippen LogP contribution in [-0.2, 0) is 0 Å². The lowest BCUT2D eigenvalue weighted by Crippen LogP contribution is -2.40. The number of carbonyl (C=O) groups is 1. The first-order chi connectivity index (χ1) is 9.93. The Morgan fingerprint density at radius 2 is 2.19 bits per heavy atom. The first-order valence-electron chi connectivity index (χ1n) is 6.68. The van der Waals surface area contributed by atoms with Crippen molar-refractivity contribution in [2.24, 2.45) is 11.7 Å². The minimum atomic E-state index is -0.872. The van der Waals surface area contributed by atoms with Crippen LogP contribution in [0.25, 0.3) is 0 Å². The molecule has 0 aromatic heterocycles. The summed E-state index contributed by atoms with van der Waals surface area (Å²) >= 11 is 0. The van der Waals surface area contributed by atoms with Crippen molar-refractivity contribution >= 4 is 17.3 Å². The molecule has 0 bridgehead atoms. The lowest BCUT2D eigenvalue weighted by molar-refractivity contribution is -0.384. The summed E-state index contributed by atoms with van der Waals surface area (Å²) in [5.74, 6) is -1.32. The third-order valence-electron chi connectivity index (χ3n) is 3.84. The van der Waals surface area contributed by atoms with Crippen molar-refractivity contribution < 1.29 is 14.1 Å². The molecule has 1 aliphatic carbocycles. The molecule has 2 rings (SSSR count). The molecule has 2 atom stereocenters. The van der Waals surface area contributed by atoms with E-state index in [0.29, 0.717) is 12.6 Å². The first-order valence-corrected chi connectivity index (χ1v) is 6.68. The highest BCUT2D eigenvalue weighted by molar-refractivity contribution is 6.01. The quantitative estimate of drug-likeness (QED) is 0.437. The second-order valence-electron chi connectivity index (χ2n) is 5.15. The van der Waals surface area contributed by atoms with E-state index in [9.17, 15) is 19.3 Å². The van der Waals surface area contributed by atoms with E-state index in [-0.39, 0.29) is 23.2 Å². The van der Waals surface area contributed by atoms with Crippen LogP contribution in [0.5, 0.6) is 0 Å². The normalized spacial score (nSPS) is 21.2. The van der Waals surface area contributed by atoms with Crippen LogP contribution in [0.3, 0.4) is 0 Å². The summed E-state index contributed by atoms with van der Waals surface area (Å²) in [5.41, 5.74) is 10.1. The Morgan fingerprint density at radius 3 is 2.81 bits per heavy atom. The Bertz CT molecular complexity index is 579. The molecule has 1 saturated carbocycles. The average molecular weight is 296 g/mol. The number of nitrogens with two attached hydrogens (primary N) is 2. The molecular formula is C13H17FN4O3. The summed E-state index contributed by atoms with van der Waals surface area (Å²) in [4.78, 5) is 22.2. The molecule has 7 nitrogen and oxygen atoms in total. The third-order valence-corrected chi connectivity index (χ3v) is 3.84. The number of hydrogen-bond donors (Lipinski definition) is 3. The van der Waals surface area contributed by atoms with Crippen LogP contribution in [0, 0.1) is 21.8 Å². The standard InChI is InChI=1S/C13H17FN4O3/c14-8-4-9(12(16)11(5-8)18(20)21)13(19)17-10-3-1-2-7(10)6-15/h4-5,7,10H,1-3,6,15-16H2,(H,17,19). The maximum Gasteiger partial charge on any atom is 0.295 e. The van der Waals surface area contributed by atoms with Crippen molar-refractivity contribution in [3.63, 3.8) is 0 Å². The van der Waals surface area contributed by atoms with Crippen molar-refractivity contribution in [2.45, 2.75) is 25.3 Å². The van der Waals surface area contributed by atoms with Gasteiger partial charge in [-0.25, -0.2) is 4.39 Å². The Hall–Kier alpha value is -2.22. The molecule has 1 aromatic carbocycles. The number of nitrogens with zero attached hydrogens (tertiary/aromatic N) is 1. The second-order valence-corrected chi connectivity index (χ2v) is 5.15. The van der Waals surface area contributed by atoms with Gasteiger partial charge in [-0.1, -0.05) is 6.42 Å². The van der Waals surface area contributed by atoms with E-state index in [1.54, 1.807) is 0 Å². The molecule has 0 radical (unpaired) electrons. The minimum Gasteiger partial charge on any atom is -0.393 e. The van der Waals surface area contributed by atoms with Gasteiger partial charge in [-0.15, -0.1) is 0 Å². The molecule has 5 N–H and O–H groups in total. The van der Waals surface area contributed by atoms with Crippen molar-refractivity contribution in [3.8, 4) is 0 Å². The fourth-order valence-electron chi connectivity index (χ4n) is 2.70. The summed E-state index contributed by atoms with van der Waals surface area (Å²) < 4.78 is 13.4. The number of carbonyl (C=O) groups excluding carboxylic acids is 1. The van der Waals surface area contributed by atoms with Crippen molar-refractivity contribution in [2.75, 3.05) is 12.3 Å². The van der Waals surface area contributed by atoms with Gasteiger partial charge in [0.1, 0.15) is 11.5 Å². The van der Waals surface area contributed by atoms with Gasteiger partial charge >= 0.3 is 0 Å². The Balaban J connectivity index is 2.25. The summed E-state index contributed by atoms with van der Waals surface area (Å²) in [5, 5.41) is 13.5. The molecule has 2 unspecified atom stereocenters. The second kappa shape index (κ2) is 6.04. The van der Waals surface area contributed by atoms with Gasteiger partial charge in [0.15, 0.2) is 0 Å². The van der Waals surface area contributed by atoms with Crippen LogP contribution in [0.4, 0.5) is 15.8 Å². The molecule has 1 aromatic rings. The Kier molecular flexibility index (Phi) is 4.37. The maximum absolute atomic E-state index is 13.4. The number of hydrogen-bond acceptors (Lipinski definition) is 5. The summed E-state index contributed by atoms with van der Waals surface area (Å²) in [6.07, 6.45) is 2.65. The summed E-state index contributed by atoms with van der Waals surface area (Å²) in [6, 6.07) is 1.50. The van der Waals surface area contributed by atoms with Crippen LogP contribution in [0.15, 0.2) is 12.1 Å². The molecule has 0 spiro atoms. The van der Waals surface area contributed by atoms with Crippen LogP contribution < -0.4 is 16.8 Å². The highest BCUT2D eigenvalue weighted by Crippen LogP contribution is 2.28. The van der Waals surface area contributed by atoms with E-state index in [4.69, 9.17) is 11.5 Å². The molecule has 0 aliphatic heterocycles. The largest absolute Gasteiger partial charge is 0.393 e. The highest BCUT2D eigenvalue weighted by atomic mass is 19.1. The maximum atomic E-state index is 13.4. The van der Waals surface area contributed by atoms with Crippen LogP contribution in [-0.4, -0.2) is 23.4 Å². The molecule has 21 heavy (non-hydrogen) atoms. The molecule has 0 saturated heterocycles. The van der Waals surface area contributed by atoms with E-state index in [1.807, 2.05) is 0 Å². The number of nitrogens with one attached hydrogen (secondary N) is 1. The molecule has 114 valence electrons. The molecule has 1 aliphatic rings. The monoisotopic (exact) mass is 296 g/mol. The predicted octanol–water partition coefficient (Wildman–Crippen LogP) is 1.17. The van der Waals surface area contributed by atoms with Crippen LogP contribution in [0.1, 0.15) is 29.6 Å². The van der Waals surface area contributed by atoms with E-state index >= 15 is 0 Å². The number of amides is 1. The fraction of sp³-hybridized carbons (Fsp3) is 0.462. The zero-order valence-corrected chi connectivity index (χ0v) is 11.3. The van der Waals surface area contributed by atoms with Gasteiger partial charge < -0.3 is 16.8 Å². The van der Waals surface area contributed by atoms with Crippen molar-refractivity contribution in [3.05, 3.63) is 33.6 Å². The number of benzene rings is 1. The first kappa shape index (κ1) is 15.2. The summed E-state index contributed by atoms with van der Waals surface area (Å²) in [6.45, 7) is 0.448. The molecule has 0 heterocycles. The number of nitro groups is 1. The molecular weight excluding hydrogens is 279 g/mol. The summed E-state index contributed by atoms with van der Waals surface area (Å²) in [7, 11) is 0. The highest BCUT2D eigenvalue weighted by Gasteiger charge is 2.29. The van der Waals surface area contributed by atoms with Gasteiger partial charge in [0.2, 0.25) is 0 Å².